The molecule has 3 nitrogen and oxygen atoms in total. The summed E-state index contributed by atoms with van der Waals surface area (Å²) in [6.07, 6.45) is 5.31. The van der Waals surface area contributed by atoms with Gasteiger partial charge in [0.1, 0.15) is 0 Å². The van der Waals surface area contributed by atoms with Crippen molar-refractivity contribution >= 4 is 5.91 Å². The standard InChI is InChI=1S/C16H24N2O/c1-2-9-18-16(19)8-10-17-12-13-6-7-14-4-3-5-15(14)11-13/h6-7,11,17H,2-5,8-10,12H2,1H3,(H,18,19). The number of hydrogen-bond acceptors (Lipinski definition) is 2. The van der Waals surface area contributed by atoms with Crippen molar-refractivity contribution in [3.8, 4) is 0 Å². The fourth-order valence-corrected chi connectivity index (χ4v) is 2.52. The van der Waals surface area contributed by atoms with Crippen LogP contribution in [0.5, 0.6) is 0 Å². The van der Waals surface area contributed by atoms with Crippen LogP contribution in [0.1, 0.15) is 42.9 Å². The summed E-state index contributed by atoms with van der Waals surface area (Å²) in [5, 5.41) is 6.23. The number of fused-ring (bicyclic) bond motifs is 1. The highest BCUT2D eigenvalue weighted by atomic mass is 16.1. The van der Waals surface area contributed by atoms with E-state index in [1.54, 1.807) is 0 Å². The molecule has 19 heavy (non-hydrogen) atoms. The minimum atomic E-state index is 0.142. The predicted molar refractivity (Wildman–Crippen MR) is 78.1 cm³/mol. The lowest BCUT2D eigenvalue weighted by Crippen LogP contribution is -2.28. The second-order valence-corrected chi connectivity index (χ2v) is 5.23. The van der Waals surface area contributed by atoms with Crippen molar-refractivity contribution in [2.75, 3.05) is 13.1 Å². The van der Waals surface area contributed by atoms with Crippen LogP contribution in [0.15, 0.2) is 18.2 Å². The molecule has 0 saturated heterocycles. The van der Waals surface area contributed by atoms with Crippen molar-refractivity contribution in [2.24, 2.45) is 0 Å². The van der Waals surface area contributed by atoms with Gasteiger partial charge in [-0.3, -0.25) is 4.79 Å². The highest BCUT2D eigenvalue weighted by Gasteiger charge is 2.10. The maximum atomic E-state index is 11.4. The van der Waals surface area contributed by atoms with Gasteiger partial charge in [0.25, 0.3) is 0 Å². The number of benzene rings is 1. The van der Waals surface area contributed by atoms with Crippen LogP contribution in [0.4, 0.5) is 0 Å². The van der Waals surface area contributed by atoms with Crippen molar-refractivity contribution in [2.45, 2.75) is 45.6 Å². The molecule has 0 saturated carbocycles. The Morgan fingerprint density at radius 3 is 2.89 bits per heavy atom. The Bertz CT molecular complexity index is 429. The van der Waals surface area contributed by atoms with Gasteiger partial charge in [-0.1, -0.05) is 25.1 Å². The fourth-order valence-electron chi connectivity index (χ4n) is 2.52. The largest absolute Gasteiger partial charge is 0.356 e. The van der Waals surface area contributed by atoms with E-state index in [1.807, 2.05) is 0 Å². The van der Waals surface area contributed by atoms with E-state index in [0.717, 1.165) is 26.1 Å². The third-order valence-electron chi connectivity index (χ3n) is 3.59. The molecular weight excluding hydrogens is 236 g/mol. The molecule has 0 bridgehead atoms. The maximum absolute atomic E-state index is 11.4. The second kappa shape index (κ2) is 7.29. The Hall–Kier alpha value is -1.35. The molecule has 1 aromatic rings. The van der Waals surface area contributed by atoms with Crippen LogP contribution in [-0.4, -0.2) is 19.0 Å². The van der Waals surface area contributed by atoms with Gasteiger partial charge < -0.3 is 10.6 Å². The Morgan fingerprint density at radius 1 is 1.21 bits per heavy atom. The Kier molecular flexibility index (Phi) is 5.40. The molecule has 1 amide bonds. The van der Waals surface area contributed by atoms with Crippen LogP contribution in [0.3, 0.4) is 0 Å². The van der Waals surface area contributed by atoms with E-state index in [9.17, 15) is 4.79 Å². The lowest BCUT2D eigenvalue weighted by molar-refractivity contribution is -0.120. The average molecular weight is 260 g/mol. The van der Waals surface area contributed by atoms with Crippen molar-refractivity contribution in [3.63, 3.8) is 0 Å². The highest BCUT2D eigenvalue weighted by molar-refractivity contribution is 5.75. The molecule has 0 atom stereocenters. The third-order valence-corrected chi connectivity index (χ3v) is 3.59. The summed E-state index contributed by atoms with van der Waals surface area (Å²) in [4.78, 5) is 11.4. The van der Waals surface area contributed by atoms with E-state index in [2.05, 4.69) is 35.8 Å². The quantitative estimate of drug-likeness (QED) is 0.738. The summed E-state index contributed by atoms with van der Waals surface area (Å²) in [7, 11) is 0. The number of hydrogen-bond donors (Lipinski definition) is 2. The van der Waals surface area contributed by atoms with Gasteiger partial charge in [0.05, 0.1) is 0 Å². The van der Waals surface area contributed by atoms with Crippen molar-refractivity contribution in [3.05, 3.63) is 34.9 Å². The van der Waals surface area contributed by atoms with Gasteiger partial charge in [-0.25, -0.2) is 0 Å². The minimum absolute atomic E-state index is 0.142. The average Bonchev–Trinajstić information content (AvgIpc) is 2.88. The normalized spacial score (nSPS) is 13.3. The number of amides is 1. The van der Waals surface area contributed by atoms with Crippen LogP contribution in [-0.2, 0) is 24.2 Å². The van der Waals surface area contributed by atoms with Crippen molar-refractivity contribution in [1.29, 1.82) is 0 Å². The number of carbonyl (C=O) groups is 1. The number of aryl methyl sites for hydroxylation is 2. The molecule has 3 heteroatoms. The molecule has 0 aromatic heterocycles. The van der Waals surface area contributed by atoms with Gasteiger partial charge in [-0.05, 0) is 42.4 Å². The summed E-state index contributed by atoms with van der Waals surface area (Å²) in [5.74, 6) is 0.142. The van der Waals surface area contributed by atoms with E-state index in [0.29, 0.717) is 6.42 Å². The van der Waals surface area contributed by atoms with Crippen molar-refractivity contribution < 1.29 is 4.79 Å². The molecule has 1 aliphatic carbocycles. The monoisotopic (exact) mass is 260 g/mol. The summed E-state index contributed by atoms with van der Waals surface area (Å²) < 4.78 is 0. The first-order valence-corrected chi connectivity index (χ1v) is 7.37. The van der Waals surface area contributed by atoms with E-state index in [-0.39, 0.29) is 5.91 Å². The zero-order chi connectivity index (χ0) is 13.5. The van der Waals surface area contributed by atoms with Gasteiger partial charge >= 0.3 is 0 Å². The molecule has 0 aliphatic heterocycles. The van der Waals surface area contributed by atoms with E-state index in [1.165, 1.54) is 36.0 Å². The summed E-state index contributed by atoms with van der Waals surface area (Å²) >= 11 is 0. The van der Waals surface area contributed by atoms with Crippen LogP contribution in [0.25, 0.3) is 0 Å². The van der Waals surface area contributed by atoms with Crippen LogP contribution in [0.2, 0.25) is 0 Å². The Balaban J connectivity index is 1.67. The number of carbonyl (C=O) groups excluding carboxylic acids is 1. The first-order chi connectivity index (χ1) is 9.29. The van der Waals surface area contributed by atoms with Gasteiger partial charge in [0, 0.05) is 26.1 Å². The molecular formula is C16H24N2O. The first kappa shape index (κ1) is 14.1. The van der Waals surface area contributed by atoms with Crippen molar-refractivity contribution in [1.82, 2.24) is 10.6 Å². The number of rotatable bonds is 7. The first-order valence-electron chi connectivity index (χ1n) is 7.37. The van der Waals surface area contributed by atoms with Gasteiger partial charge in [0.15, 0.2) is 0 Å². The summed E-state index contributed by atoms with van der Waals surface area (Å²) in [6.45, 7) is 4.44. The molecule has 0 heterocycles. The molecule has 1 aliphatic rings. The maximum Gasteiger partial charge on any atom is 0.221 e. The highest BCUT2D eigenvalue weighted by Crippen LogP contribution is 2.22. The molecule has 0 radical (unpaired) electrons. The molecule has 2 N–H and O–H groups in total. The van der Waals surface area contributed by atoms with Crippen LogP contribution < -0.4 is 10.6 Å². The molecule has 0 unspecified atom stereocenters. The zero-order valence-electron chi connectivity index (χ0n) is 11.8. The van der Waals surface area contributed by atoms with Gasteiger partial charge in [-0.2, -0.15) is 0 Å². The summed E-state index contributed by atoms with van der Waals surface area (Å²) in [6, 6.07) is 6.77. The van der Waals surface area contributed by atoms with E-state index >= 15 is 0 Å². The predicted octanol–water partition coefficient (Wildman–Crippen LogP) is 2.18. The third kappa shape index (κ3) is 4.35. The minimum Gasteiger partial charge on any atom is -0.356 e. The summed E-state index contributed by atoms with van der Waals surface area (Å²) in [5.41, 5.74) is 4.36. The molecule has 1 aromatic carbocycles. The topological polar surface area (TPSA) is 41.1 Å². The van der Waals surface area contributed by atoms with Crippen LogP contribution in [0, 0.1) is 0 Å². The van der Waals surface area contributed by atoms with Gasteiger partial charge in [0.2, 0.25) is 5.91 Å². The molecule has 104 valence electrons. The van der Waals surface area contributed by atoms with Gasteiger partial charge in [-0.15, -0.1) is 0 Å². The lowest BCUT2D eigenvalue weighted by atomic mass is 10.1. The molecule has 2 rings (SSSR count). The Morgan fingerprint density at radius 2 is 2.05 bits per heavy atom. The second-order valence-electron chi connectivity index (χ2n) is 5.23. The fraction of sp³-hybridized carbons (Fsp3) is 0.562. The van der Waals surface area contributed by atoms with E-state index in [4.69, 9.17) is 0 Å². The van der Waals surface area contributed by atoms with Crippen LogP contribution >= 0.6 is 0 Å². The SMILES string of the molecule is CCCNC(=O)CCNCc1ccc2c(c1)CCC2. The zero-order valence-corrected chi connectivity index (χ0v) is 11.8. The lowest BCUT2D eigenvalue weighted by Gasteiger charge is -2.07. The smallest absolute Gasteiger partial charge is 0.221 e. The Labute approximate surface area is 115 Å². The van der Waals surface area contributed by atoms with E-state index < -0.39 is 0 Å². The number of nitrogens with one attached hydrogen (secondary N) is 2. The molecule has 0 fully saturated rings. The molecule has 0 spiro atoms.